The Kier molecular flexibility index (Phi) is 4.83. The van der Waals surface area contributed by atoms with Crippen LogP contribution in [0.5, 0.6) is 0 Å². The number of carbonyl (C=O) groups is 2. The molecular formula is C9H12N2O5S. The number of aromatic nitrogens is 1. The van der Waals surface area contributed by atoms with Crippen molar-refractivity contribution >= 4 is 22.7 Å². The van der Waals surface area contributed by atoms with Gasteiger partial charge in [-0.1, -0.05) is 12.1 Å². The summed E-state index contributed by atoms with van der Waals surface area (Å²) < 4.78 is 15.5. The monoisotopic (exact) mass is 260 g/mol. The molecule has 0 aliphatic heterocycles. The lowest BCUT2D eigenvalue weighted by atomic mass is 10.3. The number of aromatic carboxylic acids is 1. The molecule has 8 heteroatoms. The van der Waals surface area contributed by atoms with E-state index in [-0.39, 0.29) is 12.2 Å². The van der Waals surface area contributed by atoms with E-state index < -0.39 is 28.4 Å². The van der Waals surface area contributed by atoms with E-state index in [1.165, 1.54) is 0 Å². The summed E-state index contributed by atoms with van der Waals surface area (Å²) in [4.78, 5) is 21.9. The van der Waals surface area contributed by atoms with Crippen LogP contribution in [0.25, 0.3) is 0 Å². The van der Waals surface area contributed by atoms with Crippen LogP contribution in [0.2, 0.25) is 0 Å². The number of rotatable bonds is 6. The molecule has 7 nitrogen and oxygen atoms in total. The minimum atomic E-state index is -1.29. The summed E-state index contributed by atoms with van der Waals surface area (Å²) in [5.41, 5.74) is -0.107. The first-order chi connectivity index (χ1) is 8.04. The molecule has 1 rings (SSSR count). The third-order valence-corrected chi connectivity index (χ3v) is 3.19. The highest BCUT2D eigenvalue weighted by Crippen LogP contribution is 2.02. The number of carbonyl (C=O) groups excluding carboxylic acids is 1. The van der Waals surface area contributed by atoms with Crippen LogP contribution in [-0.2, 0) is 10.8 Å². The molecule has 0 aliphatic rings. The van der Waals surface area contributed by atoms with Crippen molar-refractivity contribution in [1.82, 2.24) is 10.5 Å². The van der Waals surface area contributed by atoms with Crippen molar-refractivity contribution in [1.29, 1.82) is 0 Å². The molecule has 2 N–H and O–H groups in total. The summed E-state index contributed by atoms with van der Waals surface area (Å²) in [5, 5.41) is 14.3. The van der Waals surface area contributed by atoms with Crippen LogP contribution in [-0.4, -0.2) is 44.4 Å². The molecule has 0 bridgehead atoms. The Balaban J connectivity index is 2.47. The van der Waals surface area contributed by atoms with Gasteiger partial charge in [0.15, 0.2) is 5.69 Å². The molecule has 1 unspecified atom stereocenters. The highest BCUT2D eigenvalue weighted by molar-refractivity contribution is 7.84. The van der Waals surface area contributed by atoms with Gasteiger partial charge in [0.05, 0.1) is 0 Å². The third kappa shape index (κ3) is 3.99. The predicted molar refractivity (Wildman–Crippen MR) is 59.3 cm³/mol. The minimum Gasteiger partial charge on any atom is -0.475 e. The number of hydrogen-bond acceptors (Lipinski definition) is 5. The molecule has 1 aromatic rings. The first-order valence-electron chi connectivity index (χ1n) is 4.87. The Hall–Kier alpha value is -1.70. The number of amides is 1. The molecule has 0 aromatic carbocycles. The van der Waals surface area contributed by atoms with Gasteiger partial charge in [-0.25, -0.2) is 4.79 Å². The van der Waals surface area contributed by atoms with E-state index in [0.717, 1.165) is 6.07 Å². The molecule has 0 saturated carbocycles. The summed E-state index contributed by atoms with van der Waals surface area (Å²) in [6.07, 6.45) is 0. The second-order valence-electron chi connectivity index (χ2n) is 3.07. The fourth-order valence-electron chi connectivity index (χ4n) is 0.996. The van der Waals surface area contributed by atoms with E-state index in [1.807, 2.05) is 0 Å². The van der Waals surface area contributed by atoms with E-state index >= 15 is 0 Å². The normalized spacial score (nSPS) is 12.1. The average Bonchev–Trinajstić information content (AvgIpc) is 2.78. The minimum absolute atomic E-state index is 0.107. The number of carboxylic acid groups (broad SMARTS) is 1. The largest absolute Gasteiger partial charge is 0.475 e. The highest BCUT2D eigenvalue weighted by atomic mass is 32.2. The standard InChI is InChI=1S/C9H12N2O5S/c1-2-17(15)4-3-10-8(12)6-5-7(9(13)14)16-11-6/h5H,2-4H2,1H3,(H,10,12)(H,13,14). The van der Waals surface area contributed by atoms with Crippen molar-refractivity contribution < 1.29 is 23.4 Å². The van der Waals surface area contributed by atoms with Crippen LogP contribution < -0.4 is 5.32 Å². The van der Waals surface area contributed by atoms with Crippen molar-refractivity contribution in [3.8, 4) is 0 Å². The third-order valence-electron chi connectivity index (χ3n) is 1.89. The molecule has 0 spiro atoms. The van der Waals surface area contributed by atoms with Crippen LogP contribution >= 0.6 is 0 Å². The number of hydrogen-bond donors (Lipinski definition) is 2. The zero-order valence-corrected chi connectivity index (χ0v) is 9.95. The maximum Gasteiger partial charge on any atom is 0.374 e. The van der Waals surface area contributed by atoms with E-state index in [1.54, 1.807) is 6.92 Å². The Morgan fingerprint density at radius 2 is 2.29 bits per heavy atom. The molecule has 1 heterocycles. The first kappa shape index (κ1) is 13.4. The molecule has 1 aromatic heterocycles. The first-order valence-corrected chi connectivity index (χ1v) is 6.36. The van der Waals surface area contributed by atoms with E-state index in [2.05, 4.69) is 15.0 Å². The molecule has 0 radical (unpaired) electrons. The van der Waals surface area contributed by atoms with Crippen LogP contribution in [0, 0.1) is 0 Å². The van der Waals surface area contributed by atoms with Gasteiger partial charge in [0.25, 0.3) is 5.91 Å². The number of carboxylic acids is 1. The molecule has 0 fully saturated rings. The molecule has 0 aliphatic carbocycles. The van der Waals surface area contributed by atoms with Gasteiger partial charge in [0, 0.05) is 34.9 Å². The van der Waals surface area contributed by atoms with Gasteiger partial charge in [-0.3, -0.25) is 9.00 Å². The van der Waals surface area contributed by atoms with Crippen molar-refractivity contribution in [2.75, 3.05) is 18.1 Å². The molecule has 0 saturated heterocycles. The van der Waals surface area contributed by atoms with E-state index in [4.69, 9.17) is 5.11 Å². The lowest BCUT2D eigenvalue weighted by Crippen LogP contribution is -2.28. The van der Waals surface area contributed by atoms with Crippen LogP contribution in [0.3, 0.4) is 0 Å². The van der Waals surface area contributed by atoms with Gasteiger partial charge in [0.2, 0.25) is 5.76 Å². The van der Waals surface area contributed by atoms with E-state index in [0.29, 0.717) is 11.5 Å². The smallest absolute Gasteiger partial charge is 0.374 e. The molecule has 1 atom stereocenters. The van der Waals surface area contributed by atoms with Gasteiger partial charge >= 0.3 is 5.97 Å². The zero-order chi connectivity index (χ0) is 12.8. The van der Waals surface area contributed by atoms with Gasteiger partial charge in [-0.05, 0) is 0 Å². The Bertz CT molecular complexity index is 442. The maximum absolute atomic E-state index is 11.4. The Morgan fingerprint density at radius 1 is 1.59 bits per heavy atom. The predicted octanol–water partition coefficient (Wildman–Crippen LogP) is -0.129. The molecule has 1 amide bonds. The Morgan fingerprint density at radius 3 is 2.82 bits per heavy atom. The fraction of sp³-hybridized carbons (Fsp3) is 0.444. The van der Waals surface area contributed by atoms with Gasteiger partial charge in [-0.2, -0.15) is 0 Å². The second kappa shape index (κ2) is 6.14. The molecular weight excluding hydrogens is 248 g/mol. The van der Waals surface area contributed by atoms with Crippen LogP contribution in [0.15, 0.2) is 10.6 Å². The second-order valence-corrected chi connectivity index (χ2v) is 4.94. The maximum atomic E-state index is 11.4. The quantitative estimate of drug-likeness (QED) is 0.737. The SMILES string of the molecule is CCS(=O)CCNC(=O)c1cc(C(=O)O)on1. The summed E-state index contributed by atoms with van der Waals surface area (Å²) in [5.74, 6) is -1.35. The summed E-state index contributed by atoms with van der Waals surface area (Å²) in [7, 11) is -0.955. The molecule has 94 valence electrons. The van der Waals surface area contributed by atoms with E-state index in [9.17, 15) is 13.8 Å². The van der Waals surface area contributed by atoms with Gasteiger partial charge < -0.3 is 14.9 Å². The van der Waals surface area contributed by atoms with Gasteiger partial charge in [0.1, 0.15) is 0 Å². The lowest BCUT2D eigenvalue weighted by molar-refractivity contribution is 0.0651. The topological polar surface area (TPSA) is 110 Å². The van der Waals surface area contributed by atoms with Crippen LogP contribution in [0.4, 0.5) is 0 Å². The summed E-state index contributed by atoms with van der Waals surface area (Å²) in [6.45, 7) is 2.03. The van der Waals surface area contributed by atoms with Crippen LogP contribution in [0.1, 0.15) is 28.0 Å². The highest BCUT2D eigenvalue weighted by Gasteiger charge is 2.16. The van der Waals surface area contributed by atoms with Crippen molar-refractivity contribution in [2.24, 2.45) is 0 Å². The number of nitrogens with zero attached hydrogens (tertiary/aromatic N) is 1. The van der Waals surface area contributed by atoms with Crippen molar-refractivity contribution in [3.63, 3.8) is 0 Å². The zero-order valence-electron chi connectivity index (χ0n) is 9.13. The Labute approximate surface area is 99.6 Å². The van der Waals surface area contributed by atoms with Gasteiger partial charge in [-0.15, -0.1) is 0 Å². The molecule has 17 heavy (non-hydrogen) atoms. The lowest BCUT2D eigenvalue weighted by Gasteiger charge is -2.01. The van der Waals surface area contributed by atoms with Crippen molar-refractivity contribution in [3.05, 3.63) is 17.5 Å². The number of nitrogens with one attached hydrogen (secondary N) is 1. The average molecular weight is 260 g/mol. The summed E-state index contributed by atoms with van der Waals surface area (Å²) in [6, 6.07) is 1.04. The fourth-order valence-corrected chi connectivity index (χ4v) is 1.61. The summed E-state index contributed by atoms with van der Waals surface area (Å²) >= 11 is 0. The van der Waals surface area contributed by atoms with Crippen molar-refractivity contribution in [2.45, 2.75) is 6.92 Å².